The van der Waals surface area contributed by atoms with Gasteiger partial charge in [-0.3, -0.25) is 9.89 Å². The molecule has 4 aromatic rings. The Morgan fingerprint density at radius 2 is 1.60 bits per heavy atom. The van der Waals surface area contributed by atoms with Crippen LogP contribution >= 0.6 is 0 Å². The Bertz CT molecular complexity index is 1250. The third-order valence-corrected chi connectivity index (χ3v) is 4.98. The summed E-state index contributed by atoms with van der Waals surface area (Å²) < 4.78 is 41.1. The number of aromatic nitrogens is 2. The number of nitrogens with one attached hydrogen (secondary N) is 2. The summed E-state index contributed by atoms with van der Waals surface area (Å²) in [7, 11) is 0. The largest absolute Gasteiger partial charge is 0.304 e. The SMILES string of the molecule is CC(C)c1ccc(-c2ccc3c(NC(=O)c4c(F)ccc(F)c4F)n[nH]c3c2)cc1. The molecule has 0 bridgehead atoms. The van der Waals surface area contributed by atoms with Crippen LogP contribution in [0.3, 0.4) is 0 Å². The van der Waals surface area contributed by atoms with Crippen LogP contribution in [0.4, 0.5) is 19.0 Å². The monoisotopic (exact) mass is 409 g/mol. The number of fused-ring (bicyclic) bond motifs is 1. The number of hydrogen-bond acceptors (Lipinski definition) is 2. The molecule has 1 aromatic heterocycles. The number of H-pyrrole nitrogens is 1. The minimum absolute atomic E-state index is 0.0970. The molecule has 4 nitrogen and oxygen atoms in total. The minimum atomic E-state index is -1.54. The van der Waals surface area contributed by atoms with E-state index in [0.717, 1.165) is 11.1 Å². The van der Waals surface area contributed by atoms with Crippen molar-refractivity contribution in [3.8, 4) is 11.1 Å². The molecule has 0 saturated heterocycles. The molecule has 2 N–H and O–H groups in total. The molecule has 0 aliphatic heterocycles. The zero-order chi connectivity index (χ0) is 21.4. The molecule has 0 aliphatic carbocycles. The van der Waals surface area contributed by atoms with Gasteiger partial charge in [0.05, 0.1) is 5.52 Å². The van der Waals surface area contributed by atoms with E-state index in [1.54, 1.807) is 6.07 Å². The predicted molar refractivity (Wildman–Crippen MR) is 110 cm³/mol. The summed E-state index contributed by atoms with van der Waals surface area (Å²) in [5.41, 5.74) is 2.85. The van der Waals surface area contributed by atoms with E-state index in [4.69, 9.17) is 0 Å². The van der Waals surface area contributed by atoms with Gasteiger partial charge in [0, 0.05) is 5.39 Å². The summed E-state index contributed by atoms with van der Waals surface area (Å²) in [4.78, 5) is 12.3. The molecule has 0 saturated carbocycles. The Hall–Kier alpha value is -3.61. The Morgan fingerprint density at radius 1 is 0.933 bits per heavy atom. The molecule has 4 rings (SSSR count). The molecular weight excluding hydrogens is 391 g/mol. The highest BCUT2D eigenvalue weighted by atomic mass is 19.2. The van der Waals surface area contributed by atoms with Gasteiger partial charge in [0.2, 0.25) is 0 Å². The second-order valence-electron chi connectivity index (χ2n) is 7.28. The smallest absolute Gasteiger partial charge is 0.262 e. The number of rotatable bonds is 4. The van der Waals surface area contributed by atoms with Crippen molar-refractivity contribution < 1.29 is 18.0 Å². The molecule has 30 heavy (non-hydrogen) atoms. The average molecular weight is 409 g/mol. The second kappa shape index (κ2) is 7.67. The van der Waals surface area contributed by atoms with Crippen LogP contribution in [0.15, 0.2) is 54.6 Å². The highest BCUT2D eigenvalue weighted by Gasteiger charge is 2.22. The van der Waals surface area contributed by atoms with E-state index in [1.807, 2.05) is 24.3 Å². The number of carbonyl (C=O) groups is 1. The first-order valence-electron chi connectivity index (χ1n) is 9.38. The van der Waals surface area contributed by atoms with Gasteiger partial charge in [0.25, 0.3) is 5.91 Å². The number of aromatic amines is 1. The maximum Gasteiger partial charge on any atom is 0.262 e. The maximum atomic E-state index is 13.9. The van der Waals surface area contributed by atoms with E-state index in [2.05, 4.69) is 41.5 Å². The van der Waals surface area contributed by atoms with Crippen LogP contribution in [-0.2, 0) is 0 Å². The van der Waals surface area contributed by atoms with Crippen LogP contribution in [0.5, 0.6) is 0 Å². The van der Waals surface area contributed by atoms with Crippen LogP contribution in [0.1, 0.15) is 35.7 Å². The zero-order valence-electron chi connectivity index (χ0n) is 16.3. The highest BCUT2D eigenvalue weighted by molar-refractivity contribution is 6.08. The summed E-state index contributed by atoms with van der Waals surface area (Å²) in [5, 5.41) is 9.72. The highest BCUT2D eigenvalue weighted by Crippen LogP contribution is 2.29. The minimum Gasteiger partial charge on any atom is -0.304 e. The standard InChI is InChI=1S/C23H18F3N3O/c1-12(2)13-3-5-14(6-4-13)15-7-8-16-19(11-15)28-29-22(16)27-23(30)20-17(24)9-10-18(25)21(20)26/h3-12H,1-2H3,(H2,27,28,29,30). The lowest BCUT2D eigenvalue weighted by Gasteiger charge is -2.08. The molecule has 3 aromatic carbocycles. The van der Waals surface area contributed by atoms with E-state index < -0.39 is 28.9 Å². The Morgan fingerprint density at radius 3 is 2.30 bits per heavy atom. The normalized spacial score (nSPS) is 11.3. The fraction of sp³-hybridized carbons (Fsp3) is 0.130. The molecule has 0 spiro atoms. The van der Waals surface area contributed by atoms with Crippen molar-refractivity contribution in [2.45, 2.75) is 19.8 Å². The average Bonchev–Trinajstić information content (AvgIpc) is 3.13. The predicted octanol–water partition coefficient (Wildman–Crippen LogP) is 6.02. The molecule has 0 fully saturated rings. The van der Waals surface area contributed by atoms with Gasteiger partial charge in [0.1, 0.15) is 11.4 Å². The molecule has 0 radical (unpaired) electrons. The van der Waals surface area contributed by atoms with Crippen LogP contribution in [-0.4, -0.2) is 16.1 Å². The molecule has 0 atom stereocenters. The van der Waals surface area contributed by atoms with Crippen LogP contribution in [0.2, 0.25) is 0 Å². The van der Waals surface area contributed by atoms with Crippen molar-refractivity contribution in [2.24, 2.45) is 0 Å². The Labute approximate surface area is 170 Å². The van der Waals surface area contributed by atoms with E-state index >= 15 is 0 Å². The van der Waals surface area contributed by atoms with E-state index in [0.29, 0.717) is 29.0 Å². The fourth-order valence-corrected chi connectivity index (χ4v) is 3.26. The van der Waals surface area contributed by atoms with Crippen LogP contribution in [0, 0.1) is 17.5 Å². The van der Waals surface area contributed by atoms with Crippen molar-refractivity contribution in [1.29, 1.82) is 0 Å². The number of carbonyl (C=O) groups excluding carboxylic acids is 1. The number of nitrogens with zero attached hydrogens (tertiary/aromatic N) is 1. The lowest BCUT2D eigenvalue weighted by molar-refractivity contribution is 0.101. The van der Waals surface area contributed by atoms with Gasteiger partial charge in [-0.2, -0.15) is 5.10 Å². The van der Waals surface area contributed by atoms with Crippen LogP contribution in [0.25, 0.3) is 22.0 Å². The molecule has 0 aliphatic rings. The first kappa shape index (κ1) is 19.7. The van der Waals surface area contributed by atoms with Crippen molar-refractivity contribution in [2.75, 3.05) is 5.32 Å². The summed E-state index contributed by atoms with van der Waals surface area (Å²) in [6, 6.07) is 15.0. The molecule has 7 heteroatoms. The van der Waals surface area contributed by atoms with Gasteiger partial charge in [-0.05, 0) is 46.9 Å². The lowest BCUT2D eigenvalue weighted by atomic mass is 9.98. The molecule has 1 amide bonds. The third-order valence-electron chi connectivity index (χ3n) is 4.98. The summed E-state index contributed by atoms with van der Waals surface area (Å²) in [6.07, 6.45) is 0. The molecule has 152 valence electrons. The van der Waals surface area contributed by atoms with Crippen molar-refractivity contribution in [3.05, 3.63) is 83.2 Å². The summed E-state index contributed by atoms with van der Waals surface area (Å²) in [6.45, 7) is 4.26. The summed E-state index contributed by atoms with van der Waals surface area (Å²) >= 11 is 0. The quantitative estimate of drug-likeness (QED) is 0.405. The van der Waals surface area contributed by atoms with Crippen molar-refractivity contribution in [3.63, 3.8) is 0 Å². The zero-order valence-corrected chi connectivity index (χ0v) is 16.3. The van der Waals surface area contributed by atoms with E-state index in [-0.39, 0.29) is 5.82 Å². The number of hydrogen-bond donors (Lipinski definition) is 2. The van der Waals surface area contributed by atoms with Gasteiger partial charge >= 0.3 is 0 Å². The Kier molecular flexibility index (Phi) is 5.03. The Balaban J connectivity index is 1.63. The number of amides is 1. The van der Waals surface area contributed by atoms with Crippen LogP contribution < -0.4 is 5.32 Å². The van der Waals surface area contributed by atoms with Gasteiger partial charge in [-0.15, -0.1) is 0 Å². The van der Waals surface area contributed by atoms with Gasteiger partial charge < -0.3 is 5.32 Å². The number of anilines is 1. The molecule has 1 heterocycles. The summed E-state index contributed by atoms with van der Waals surface area (Å²) in [5.74, 6) is -4.58. The first-order chi connectivity index (χ1) is 14.3. The fourth-order valence-electron chi connectivity index (χ4n) is 3.26. The number of benzene rings is 3. The van der Waals surface area contributed by atoms with Crippen molar-refractivity contribution in [1.82, 2.24) is 10.2 Å². The van der Waals surface area contributed by atoms with E-state index in [1.165, 1.54) is 5.56 Å². The maximum absolute atomic E-state index is 13.9. The first-order valence-corrected chi connectivity index (χ1v) is 9.38. The van der Waals surface area contributed by atoms with Crippen molar-refractivity contribution >= 4 is 22.6 Å². The van der Waals surface area contributed by atoms with Gasteiger partial charge in [-0.25, -0.2) is 13.2 Å². The topological polar surface area (TPSA) is 57.8 Å². The molecule has 0 unspecified atom stereocenters. The lowest BCUT2D eigenvalue weighted by Crippen LogP contribution is -2.17. The number of halogens is 3. The molecular formula is C23H18F3N3O. The van der Waals surface area contributed by atoms with Gasteiger partial charge in [0.15, 0.2) is 17.5 Å². The van der Waals surface area contributed by atoms with E-state index in [9.17, 15) is 18.0 Å². The van der Waals surface area contributed by atoms with Gasteiger partial charge in [-0.1, -0.05) is 44.2 Å². The third kappa shape index (κ3) is 3.54. The second-order valence-corrected chi connectivity index (χ2v) is 7.28.